The second kappa shape index (κ2) is 5.51. The van der Waals surface area contributed by atoms with Crippen molar-refractivity contribution >= 4 is 49.0 Å². The minimum absolute atomic E-state index is 0.208. The fourth-order valence-corrected chi connectivity index (χ4v) is 5.26. The van der Waals surface area contributed by atoms with E-state index in [0.717, 1.165) is 19.7 Å². The Kier molecular flexibility index (Phi) is 4.45. The van der Waals surface area contributed by atoms with Gasteiger partial charge in [-0.1, -0.05) is 6.92 Å². The molecular weight excluding hydrogens is 366 g/mol. The quantitative estimate of drug-likeness (QED) is 0.733. The van der Waals surface area contributed by atoms with Crippen LogP contribution in [0, 0.1) is 5.92 Å². The minimum Gasteiger partial charge on any atom is -0.293 e. The summed E-state index contributed by atoms with van der Waals surface area (Å²) in [6.07, 6.45) is 1.20. The predicted octanol–water partition coefficient (Wildman–Crippen LogP) is 4.19. The fraction of sp³-hybridized carbons (Fsp3) is 0.583. The monoisotopic (exact) mass is 379 g/mol. The number of Topliss-reactive ketones (excluding diaryl/α,β-unsaturated/α-hetero) is 1. The zero-order valence-electron chi connectivity index (χ0n) is 9.87. The van der Waals surface area contributed by atoms with Crippen molar-refractivity contribution < 1.29 is 4.79 Å². The molecule has 2 heterocycles. The highest BCUT2D eigenvalue weighted by Crippen LogP contribution is 2.32. The second-order valence-electron chi connectivity index (χ2n) is 4.78. The van der Waals surface area contributed by atoms with Crippen molar-refractivity contribution in [1.82, 2.24) is 4.90 Å². The summed E-state index contributed by atoms with van der Waals surface area (Å²) in [6.45, 7) is 6.02. The van der Waals surface area contributed by atoms with Gasteiger partial charge in [0.05, 0.1) is 14.1 Å². The molecule has 17 heavy (non-hydrogen) atoms. The number of hydrogen-bond donors (Lipinski definition) is 0. The molecule has 0 aromatic carbocycles. The van der Waals surface area contributed by atoms with E-state index in [1.807, 2.05) is 6.07 Å². The molecule has 0 spiro atoms. The highest BCUT2D eigenvalue weighted by atomic mass is 79.9. The number of halogens is 2. The SMILES string of the molecule is CC1CC(C)N(CC(=O)c2cc(Br)sc2Br)C1. The molecule has 0 amide bonds. The molecule has 1 aliphatic heterocycles. The van der Waals surface area contributed by atoms with Crippen molar-refractivity contribution in [2.45, 2.75) is 26.3 Å². The van der Waals surface area contributed by atoms with Gasteiger partial charge in [0.1, 0.15) is 0 Å². The van der Waals surface area contributed by atoms with Crippen molar-refractivity contribution in [3.05, 3.63) is 19.2 Å². The average Bonchev–Trinajstić information content (AvgIpc) is 2.70. The van der Waals surface area contributed by atoms with Crippen molar-refractivity contribution in [2.75, 3.05) is 13.1 Å². The van der Waals surface area contributed by atoms with Crippen LogP contribution >= 0.6 is 43.2 Å². The molecule has 2 atom stereocenters. The summed E-state index contributed by atoms with van der Waals surface area (Å²) in [5.41, 5.74) is 0.800. The Morgan fingerprint density at radius 1 is 1.53 bits per heavy atom. The van der Waals surface area contributed by atoms with E-state index in [1.165, 1.54) is 6.42 Å². The van der Waals surface area contributed by atoms with Gasteiger partial charge in [-0.3, -0.25) is 9.69 Å². The maximum Gasteiger partial charge on any atom is 0.178 e. The maximum absolute atomic E-state index is 12.2. The van der Waals surface area contributed by atoms with Crippen molar-refractivity contribution in [1.29, 1.82) is 0 Å². The van der Waals surface area contributed by atoms with Crippen LogP contribution in [0.25, 0.3) is 0 Å². The summed E-state index contributed by atoms with van der Waals surface area (Å²) in [5.74, 6) is 0.912. The lowest BCUT2D eigenvalue weighted by Gasteiger charge is -2.19. The first-order chi connectivity index (χ1) is 7.97. The van der Waals surface area contributed by atoms with Gasteiger partial charge in [-0.25, -0.2) is 0 Å². The third kappa shape index (κ3) is 3.19. The van der Waals surface area contributed by atoms with Crippen molar-refractivity contribution in [3.8, 4) is 0 Å². The number of carbonyl (C=O) groups excluding carboxylic acids is 1. The first-order valence-corrected chi connectivity index (χ1v) is 8.09. The number of thiophene rings is 1. The standard InChI is InChI=1S/C12H15Br2NOS/c1-7-3-8(2)15(5-7)6-10(16)9-4-11(13)17-12(9)14/h4,7-8H,3,5-6H2,1-2H3. The van der Waals surface area contributed by atoms with Crippen LogP contribution in [-0.2, 0) is 0 Å². The zero-order chi connectivity index (χ0) is 12.6. The van der Waals surface area contributed by atoms with Gasteiger partial charge in [0, 0.05) is 18.2 Å². The van der Waals surface area contributed by atoms with E-state index in [9.17, 15) is 4.79 Å². The number of ketones is 1. The van der Waals surface area contributed by atoms with Gasteiger partial charge in [-0.15, -0.1) is 11.3 Å². The third-order valence-electron chi connectivity index (χ3n) is 3.22. The van der Waals surface area contributed by atoms with Crippen LogP contribution in [0.15, 0.2) is 13.6 Å². The molecule has 5 heteroatoms. The van der Waals surface area contributed by atoms with E-state index in [0.29, 0.717) is 18.5 Å². The lowest BCUT2D eigenvalue weighted by molar-refractivity contribution is 0.0924. The molecular formula is C12H15Br2NOS. The average molecular weight is 381 g/mol. The Hall–Kier alpha value is 0.290. The van der Waals surface area contributed by atoms with Crippen molar-refractivity contribution in [2.24, 2.45) is 5.92 Å². The molecule has 0 saturated carbocycles. The van der Waals surface area contributed by atoms with Gasteiger partial charge in [0.2, 0.25) is 0 Å². The molecule has 1 aromatic heterocycles. The number of likely N-dealkylation sites (tertiary alicyclic amines) is 1. The molecule has 0 aliphatic carbocycles. The normalized spacial score (nSPS) is 25.4. The Bertz CT molecular complexity index is 432. The van der Waals surface area contributed by atoms with Gasteiger partial charge < -0.3 is 0 Å². The summed E-state index contributed by atoms with van der Waals surface area (Å²) in [5, 5.41) is 0. The van der Waals surface area contributed by atoms with Crippen molar-refractivity contribution in [3.63, 3.8) is 0 Å². The van der Waals surface area contributed by atoms with Gasteiger partial charge in [0.25, 0.3) is 0 Å². The summed E-state index contributed by atoms with van der Waals surface area (Å²) >= 11 is 8.40. The van der Waals surface area contributed by atoms with E-state index in [4.69, 9.17) is 0 Å². The molecule has 1 saturated heterocycles. The summed E-state index contributed by atoms with van der Waals surface area (Å²) in [4.78, 5) is 14.5. The fourth-order valence-electron chi connectivity index (χ4n) is 2.41. The van der Waals surface area contributed by atoms with Gasteiger partial charge in [-0.2, -0.15) is 0 Å². The Balaban J connectivity index is 2.05. The van der Waals surface area contributed by atoms with Gasteiger partial charge in [0.15, 0.2) is 5.78 Å². The molecule has 0 radical (unpaired) electrons. The molecule has 0 bridgehead atoms. The van der Waals surface area contributed by atoms with E-state index >= 15 is 0 Å². The first-order valence-electron chi connectivity index (χ1n) is 5.69. The Morgan fingerprint density at radius 3 is 2.71 bits per heavy atom. The number of rotatable bonds is 3. The predicted molar refractivity (Wildman–Crippen MR) is 78.9 cm³/mol. The third-order valence-corrected chi connectivity index (χ3v) is 5.56. The van der Waals surface area contributed by atoms with E-state index < -0.39 is 0 Å². The zero-order valence-corrected chi connectivity index (χ0v) is 13.9. The first kappa shape index (κ1) is 13.7. The van der Waals surface area contributed by atoms with E-state index in [1.54, 1.807) is 11.3 Å². The van der Waals surface area contributed by atoms with Crippen LogP contribution in [0.3, 0.4) is 0 Å². The highest BCUT2D eigenvalue weighted by molar-refractivity contribution is 9.12. The van der Waals surface area contributed by atoms with E-state index in [2.05, 4.69) is 50.6 Å². The Labute approximate surface area is 123 Å². The number of hydrogen-bond acceptors (Lipinski definition) is 3. The topological polar surface area (TPSA) is 20.3 Å². The molecule has 2 nitrogen and oxygen atoms in total. The van der Waals surface area contributed by atoms with Crippen LogP contribution in [0.5, 0.6) is 0 Å². The Morgan fingerprint density at radius 2 is 2.24 bits per heavy atom. The highest BCUT2D eigenvalue weighted by Gasteiger charge is 2.28. The molecule has 0 N–H and O–H groups in total. The van der Waals surface area contributed by atoms with E-state index in [-0.39, 0.29) is 5.78 Å². The summed E-state index contributed by atoms with van der Waals surface area (Å²) in [6, 6.07) is 2.43. The smallest absolute Gasteiger partial charge is 0.178 e. The van der Waals surface area contributed by atoms with Crippen LogP contribution in [0.1, 0.15) is 30.6 Å². The maximum atomic E-state index is 12.2. The summed E-state index contributed by atoms with van der Waals surface area (Å²) in [7, 11) is 0. The molecule has 2 unspecified atom stereocenters. The largest absolute Gasteiger partial charge is 0.293 e. The molecule has 1 aliphatic rings. The molecule has 1 fully saturated rings. The van der Waals surface area contributed by atoms with Crippen LogP contribution in [0.2, 0.25) is 0 Å². The number of nitrogens with zero attached hydrogens (tertiary/aromatic N) is 1. The minimum atomic E-state index is 0.208. The van der Waals surface area contributed by atoms with Crippen LogP contribution in [-0.4, -0.2) is 29.8 Å². The molecule has 2 rings (SSSR count). The second-order valence-corrected chi connectivity index (χ2v) is 8.53. The molecule has 94 valence electrons. The lowest BCUT2D eigenvalue weighted by Crippen LogP contribution is -2.32. The van der Waals surface area contributed by atoms with Gasteiger partial charge in [-0.05, 0) is 57.2 Å². The summed E-state index contributed by atoms with van der Waals surface area (Å²) < 4.78 is 1.92. The van der Waals surface area contributed by atoms with Gasteiger partial charge >= 0.3 is 0 Å². The van der Waals surface area contributed by atoms with Crippen LogP contribution < -0.4 is 0 Å². The number of carbonyl (C=O) groups is 1. The van der Waals surface area contributed by atoms with Crippen LogP contribution in [0.4, 0.5) is 0 Å². The molecule has 1 aromatic rings. The lowest BCUT2D eigenvalue weighted by atomic mass is 10.1.